The zero-order chi connectivity index (χ0) is 17.7. The van der Waals surface area contributed by atoms with Gasteiger partial charge in [-0.15, -0.1) is 0 Å². The normalized spacial score (nSPS) is 11.9. The summed E-state index contributed by atoms with van der Waals surface area (Å²) in [4.78, 5) is 26.2. The van der Waals surface area contributed by atoms with Gasteiger partial charge in [-0.05, 0) is 38.2 Å². The van der Waals surface area contributed by atoms with Gasteiger partial charge in [0.2, 0.25) is 0 Å². The van der Waals surface area contributed by atoms with Gasteiger partial charge in [-0.25, -0.2) is 4.79 Å². The number of esters is 1. The highest BCUT2D eigenvalue weighted by atomic mass is 16.5. The standard InChI is InChI=1S/C19H29NO3/c1-18(2,3)12-13-20(19(4,5)6)16(21)17(22)23-14-15-10-8-7-9-11-15/h7-11H,12-14H2,1-6H3. The summed E-state index contributed by atoms with van der Waals surface area (Å²) in [6, 6.07) is 9.35. The van der Waals surface area contributed by atoms with Gasteiger partial charge in [0.1, 0.15) is 6.61 Å². The predicted molar refractivity (Wildman–Crippen MR) is 91.8 cm³/mol. The summed E-state index contributed by atoms with van der Waals surface area (Å²) in [7, 11) is 0. The summed E-state index contributed by atoms with van der Waals surface area (Å²) in [5, 5.41) is 0. The lowest BCUT2D eigenvalue weighted by Crippen LogP contribution is -2.50. The minimum absolute atomic E-state index is 0.0950. The largest absolute Gasteiger partial charge is 0.454 e. The molecule has 0 aliphatic carbocycles. The third kappa shape index (κ3) is 6.85. The van der Waals surface area contributed by atoms with Crippen LogP contribution in [-0.2, 0) is 20.9 Å². The first-order valence-corrected chi connectivity index (χ1v) is 8.03. The third-order valence-corrected chi connectivity index (χ3v) is 3.53. The number of carbonyl (C=O) groups excluding carboxylic acids is 2. The summed E-state index contributed by atoms with van der Waals surface area (Å²) in [5.41, 5.74) is 0.539. The summed E-state index contributed by atoms with van der Waals surface area (Å²) in [6.07, 6.45) is 0.821. The fourth-order valence-corrected chi connectivity index (χ4v) is 2.08. The number of rotatable bonds is 4. The Morgan fingerprint density at radius 1 is 1.00 bits per heavy atom. The maximum Gasteiger partial charge on any atom is 0.397 e. The molecule has 0 spiro atoms. The Hall–Kier alpha value is -1.84. The first-order valence-electron chi connectivity index (χ1n) is 8.03. The van der Waals surface area contributed by atoms with Crippen LogP contribution in [0.3, 0.4) is 0 Å². The van der Waals surface area contributed by atoms with Crippen LogP contribution in [0.2, 0.25) is 0 Å². The lowest BCUT2D eigenvalue weighted by molar-refractivity contribution is -0.163. The SMILES string of the molecule is CC(C)(C)CCN(C(=O)C(=O)OCc1ccccc1)C(C)(C)C. The molecule has 4 heteroatoms. The molecule has 0 bridgehead atoms. The Bertz CT molecular complexity index is 524. The van der Waals surface area contributed by atoms with E-state index in [-0.39, 0.29) is 12.0 Å². The maximum atomic E-state index is 12.5. The highest BCUT2D eigenvalue weighted by molar-refractivity contribution is 6.32. The van der Waals surface area contributed by atoms with E-state index in [0.29, 0.717) is 6.54 Å². The first-order chi connectivity index (χ1) is 10.5. The van der Waals surface area contributed by atoms with Crippen molar-refractivity contribution >= 4 is 11.9 Å². The van der Waals surface area contributed by atoms with Crippen molar-refractivity contribution in [2.75, 3.05) is 6.54 Å². The molecule has 0 aliphatic rings. The Kier molecular flexibility index (Phi) is 6.37. The molecule has 0 unspecified atom stereocenters. The minimum Gasteiger partial charge on any atom is -0.454 e. The van der Waals surface area contributed by atoms with E-state index < -0.39 is 17.4 Å². The molecule has 0 saturated heterocycles. The van der Waals surface area contributed by atoms with Gasteiger partial charge in [0.15, 0.2) is 0 Å². The number of benzene rings is 1. The van der Waals surface area contributed by atoms with Gasteiger partial charge in [-0.1, -0.05) is 51.1 Å². The van der Waals surface area contributed by atoms with E-state index in [4.69, 9.17) is 4.74 Å². The molecule has 128 valence electrons. The van der Waals surface area contributed by atoms with E-state index in [9.17, 15) is 9.59 Å². The van der Waals surface area contributed by atoms with Crippen LogP contribution in [0.1, 0.15) is 53.5 Å². The van der Waals surface area contributed by atoms with Crippen molar-refractivity contribution in [3.05, 3.63) is 35.9 Å². The van der Waals surface area contributed by atoms with E-state index in [1.54, 1.807) is 4.90 Å². The summed E-state index contributed by atoms with van der Waals surface area (Å²) < 4.78 is 5.17. The van der Waals surface area contributed by atoms with Gasteiger partial charge in [-0.2, -0.15) is 0 Å². The molecular formula is C19H29NO3. The third-order valence-electron chi connectivity index (χ3n) is 3.53. The Morgan fingerprint density at radius 3 is 2.04 bits per heavy atom. The van der Waals surface area contributed by atoms with Gasteiger partial charge in [0.05, 0.1) is 0 Å². The molecular weight excluding hydrogens is 290 g/mol. The molecule has 4 nitrogen and oxygen atoms in total. The van der Waals surface area contributed by atoms with Crippen LogP contribution in [0, 0.1) is 5.41 Å². The fourth-order valence-electron chi connectivity index (χ4n) is 2.08. The average molecular weight is 319 g/mol. The van der Waals surface area contributed by atoms with E-state index >= 15 is 0 Å². The van der Waals surface area contributed by atoms with Crippen molar-refractivity contribution < 1.29 is 14.3 Å². The Morgan fingerprint density at radius 2 is 1.57 bits per heavy atom. The number of carbonyl (C=O) groups is 2. The first kappa shape index (κ1) is 19.2. The molecule has 1 rings (SSSR count). The van der Waals surface area contributed by atoms with Crippen molar-refractivity contribution in [1.82, 2.24) is 4.90 Å². The fraction of sp³-hybridized carbons (Fsp3) is 0.579. The minimum atomic E-state index is -0.794. The maximum absolute atomic E-state index is 12.5. The molecule has 0 radical (unpaired) electrons. The molecule has 0 atom stereocenters. The van der Waals surface area contributed by atoms with Crippen molar-refractivity contribution in [2.24, 2.45) is 5.41 Å². The van der Waals surface area contributed by atoms with Crippen molar-refractivity contribution in [2.45, 2.75) is 60.1 Å². The molecule has 0 N–H and O–H groups in total. The number of hydrogen-bond donors (Lipinski definition) is 0. The van der Waals surface area contributed by atoms with Crippen LogP contribution in [0.15, 0.2) is 30.3 Å². The smallest absolute Gasteiger partial charge is 0.397 e. The zero-order valence-corrected chi connectivity index (χ0v) is 15.2. The van der Waals surface area contributed by atoms with Crippen LogP contribution >= 0.6 is 0 Å². The number of amides is 1. The van der Waals surface area contributed by atoms with Crippen LogP contribution < -0.4 is 0 Å². The summed E-state index contributed by atoms with van der Waals surface area (Å²) in [6.45, 7) is 12.8. The van der Waals surface area contributed by atoms with Crippen molar-refractivity contribution in [3.8, 4) is 0 Å². The Labute approximate surface area is 139 Å². The number of hydrogen-bond acceptors (Lipinski definition) is 3. The van der Waals surface area contributed by atoms with E-state index in [0.717, 1.165) is 12.0 Å². The predicted octanol–water partition coefficient (Wildman–Crippen LogP) is 3.79. The molecule has 1 aromatic carbocycles. The molecule has 0 aliphatic heterocycles. The molecule has 1 aromatic rings. The van der Waals surface area contributed by atoms with E-state index in [1.165, 1.54) is 0 Å². The second-order valence-electron chi connectivity index (χ2n) is 8.00. The van der Waals surface area contributed by atoms with Gasteiger partial charge >= 0.3 is 11.9 Å². The van der Waals surface area contributed by atoms with Gasteiger partial charge in [0.25, 0.3) is 0 Å². The molecule has 23 heavy (non-hydrogen) atoms. The van der Waals surface area contributed by atoms with Crippen molar-refractivity contribution in [1.29, 1.82) is 0 Å². The number of nitrogens with zero attached hydrogens (tertiary/aromatic N) is 1. The van der Waals surface area contributed by atoms with Gasteiger partial charge < -0.3 is 9.64 Å². The number of ether oxygens (including phenoxy) is 1. The van der Waals surface area contributed by atoms with Crippen LogP contribution in [0.25, 0.3) is 0 Å². The summed E-state index contributed by atoms with van der Waals surface area (Å²) in [5.74, 6) is -1.37. The summed E-state index contributed by atoms with van der Waals surface area (Å²) >= 11 is 0. The van der Waals surface area contributed by atoms with Gasteiger partial charge in [0, 0.05) is 12.1 Å². The molecule has 0 aromatic heterocycles. The van der Waals surface area contributed by atoms with Crippen LogP contribution in [0.4, 0.5) is 0 Å². The molecule has 0 saturated carbocycles. The second-order valence-corrected chi connectivity index (χ2v) is 8.00. The van der Waals surface area contributed by atoms with E-state index in [2.05, 4.69) is 20.8 Å². The lowest BCUT2D eigenvalue weighted by atomic mass is 9.91. The Balaban J connectivity index is 2.70. The van der Waals surface area contributed by atoms with Crippen LogP contribution in [0.5, 0.6) is 0 Å². The second kappa shape index (κ2) is 7.62. The molecule has 1 amide bonds. The highest BCUT2D eigenvalue weighted by Crippen LogP contribution is 2.22. The van der Waals surface area contributed by atoms with Gasteiger partial charge in [-0.3, -0.25) is 4.79 Å². The highest BCUT2D eigenvalue weighted by Gasteiger charge is 2.32. The average Bonchev–Trinajstić information content (AvgIpc) is 2.43. The monoisotopic (exact) mass is 319 g/mol. The van der Waals surface area contributed by atoms with E-state index in [1.807, 2.05) is 51.1 Å². The topological polar surface area (TPSA) is 46.6 Å². The van der Waals surface area contributed by atoms with Crippen molar-refractivity contribution in [3.63, 3.8) is 0 Å². The molecule has 0 fully saturated rings. The quantitative estimate of drug-likeness (QED) is 0.626. The molecule has 0 heterocycles. The lowest BCUT2D eigenvalue weighted by Gasteiger charge is -2.36. The van der Waals surface area contributed by atoms with Crippen LogP contribution in [-0.4, -0.2) is 28.9 Å². The zero-order valence-electron chi connectivity index (χ0n) is 15.2.